The number of halogens is 2. The third-order valence-corrected chi connectivity index (χ3v) is 4.85. The van der Waals surface area contributed by atoms with Crippen molar-refractivity contribution in [3.63, 3.8) is 0 Å². The normalized spacial score (nSPS) is 11.8. The molecule has 0 aliphatic heterocycles. The Hall–Kier alpha value is -2.08. The van der Waals surface area contributed by atoms with E-state index in [9.17, 15) is 0 Å². The Labute approximate surface area is 168 Å². The average molecular weight is 405 g/mol. The van der Waals surface area contributed by atoms with E-state index in [0.29, 0.717) is 21.7 Å². The molecule has 134 valence electrons. The highest BCUT2D eigenvalue weighted by atomic mass is 35.5. The maximum atomic E-state index is 6.21. The van der Waals surface area contributed by atoms with Gasteiger partial charge in [0, 0.05) is 21.8 Å². The van der Waals surface area contributed by atoms with Crippen LogP contribution in [0.2, 0.25) is 10.0 Å². The molecule has 0 saturated carbocycles. The van der Waals surface area contributed by atoms with Crippen molar-refractivity contribution in [2.75, 3.05) is 5.32 Å². The third-order valence-electron chi connectivity index (χ3n) is 3.92. The Balaban J connectivity index is 1.60. The lowest BCUT2D eigenvalue weighted by Gasteiger charge is -2.16. The lowest BCUT2D eigenvalue weighted by atomic mass is 10.1. The van der Waals surface area contributed by atoms with Gasteiger partial charge in [0.1, 0.15) is 0 Å². The van der Waals surface area contributed by atoms with E-state index in [4.69, 9.17) is 35.4 Å². The predicted molar refractivity (Wildman–Crippen MR) is 112 cm³/mol. The van der Waals surface area contributed by atoms with Gasteiger partial charge in [-0.1, -0.05) is 59.6 Å². The van der Waals surface area contributed by atoms with Crippen LogP contribution in [-0.2, 0) is 6.54 Å². The summed E-state index contributed by atoms with van der Waals surface area (Å²) in [6, 6.07) is 15.7. The standard InChI is InChI=1S/C19H18Cl2N4S/c1-13(14-6-3-2-4-7-14)23-19(26)24-15-10-22-25(11-15)12-16-17(20)8-5-9-18(16)21/h2-11,13H,12H2,1H3,(H2,23,24,26). The first kappa shape index (κ1) is 18.7. The molecule has 0 amide bonds. The number of aromatic nitrogens is 2. The summed E-state index contributed by atoms with van der Waals surface area (Å²) in [4.78, 5) is 0. The lowest BCUT2D eigenvalue weighted by Crippen LogP contribution is -2.30. The minimum absolute atomic E-state index is 0.105. The maximum Gasteiger partial charge on any atom is 0.171 e. The molecule has 2 N–H and O–H groups in total. The topological polar surface area (TPSA) is 41.9 Å². The highest BCUT2D eigenvalue weighted by Gasteiger charge is 2.09. The summed E-state index contributed by atoms with van der Waals surface area (Å²) in [6.07, 6.45) is 3.58. The Morgan fingerprint density at radius 1 is 1.12 bits per heavy atom. The number of benzene rings is 2. The highest BCUT2D eigenvalue weighted by Crippen LogP contribution is 2.25. The monoisotopic (exact) mass is 404 g/mol. The average Bonchev–Trinajstić information content (AvgIpc) is 3.06. The fourth-order valence-corrected chi connectivity index (χ4v) is 3.36. The molecule has 0 bridgehead atoms. The van der Waals surface area contributed by atoms with Gasteiger partial charge in [-0.15, -0.1) is 0 Å². The van der Waals surface area contributed by atoms with Gasteiger partial charge >= 0.3 is 0 Å². The van der Waals surface area contributed by atoms with Crippen LogP contribution in [0.15, 0.2) is 60.9 Å². The van der Waals surface area contributed by atoms with Gasteiger partial charge in [0.25, 0.3) is 0 Å². The summed E-state index contributed by atoms with van der Waals surface area (Å²) >= 11 is 17.8. The van der Waals surface area contributed by atoms with Crippen molar-refractivity contribution in [3.8, 4) is 0 Å². The zero-order valence-electron chi connectivity index (χ0n) is 14.1. The van der Waals surface area contributed by atoms with E-state index in [0.717, 1.165) is 11.3 Å². The summed E-state index contributed by atoms with van der Waals surface area (Å²) < 4.78 is 1.76. The van der Waals surface area contributed by atoms with Crippen LogP contribution in [0.5, 0.6) is 0 Å². The van der Waals surface area contributed by atoms with E-state index in [1.54, 1.807) is 10.9 Å². The second kappa shape index (κ2) is 8.54. The van der Waals surface area contributed by atoms with Crippen molar-refractivity contribution in [1.29, 1.82) is 0 Å². The number of hydrogen-bond acceptors (Lipinski definition) is 2. The molecule has 3 aromatic rings. The number of hydrogen-bond donors (Lipinski definition) is 2. The maximum absolute atomic E-state index is 6.21. The van der Waals surface area contributed by atoms with Crippen molar-refractivity contribution >= 4 is 46.2 Å². The quantitative estimate of drug-likeness (QED) is 0.567. The summed E-state index contributed by atoms with van der Waals surface area (Å²) in [5.41, 5.74) is 2.80. The first-order valence-corrected chi connectivity index (χ1v) is 9.27. The number of anilines is 1. The molecule has 0 saturated heterocycles. The van der Waals surface area contributed by atoms with Gasteiger partial charge in [0.15, 0.2) is 5.11 Å². The molecule has 0 radical (unpaired) electrons. The van der Waals surface area contributed by atoms with E-state index in [-0.39, 0.29) is 6.04 Å². The molecular weight excluding hydrogens is 387 g/mol. The molecule has 1 atom stereocenters. The number of nitrogens with one attached hydrogen (secondary N) is 2. The number of thiocarbonyl (C=S) groups is 1. The van der Waals surface area contributed by atoms with Gasteiger partial charge in [-0.05, 0) is 36.8 Å². The van der Waals surface area contributed by atoms with Crippen LogP contribution in [0.3, 0.4) is 0 Å². The molecule has 1 heterocycles. The van der Waals surface area contributed by atoms with E-state index in [1.807, 2.05) is 42.6 Å². The Morgan fingerprint density at radius 3 is 2.50 bits per heavy atom. The van der Waals surface area contributed by atoms with Gasteiger partial charge in [-0.2, -0.15) is 5.10 Å². The van der Waals surface area contributed by atoms with Crippen molar-refractivity contribution in [2.24, 2.45) is 0 Å². The van der Waals surface area contributed by atoms with Crippen LogP contribution in [0.1, 0.15) is 24.1 Å². The van der Waals surface area contributed by atoms with Gasteiger partial charge in [0.2, 0.25) is 0 Å². The van der Waals surface area contributed by atoms with Crippen LogP contribution < -0.4 is 10.6 Å². The van der Waals surface area contributed by atoms with E-state index >= 15 is 0 Å². The van der Waals surface area contributed by atoms with Crippen LogP contribution in [0.4, 0.5) is 5.69 Å². The minimum Gasteiger partial charge on any atom is -0.356 e. The fourth-order valence-electron chi connectivity index (χ4n) is 2.55. The first-order chi connectivity index (χ1) is 12.5. The zero-order valence-corrected chi connectivity index (χ0v) is 16.4. The lowest BCUT2D eigenvalue weighted by molar-refractivity contribution is 0.687. The largest absolute Gasteiger partial charge is 0.356 e. The number of rotatable bonds is 5. The van der Waals surface area contributed by atoms with Crippen molar-refractivity contribution < 1.29 is 0 Å². The third kappa shape index (κ3) is 4.75. The molecule has 3 rings (SSSR count). The number of nitrogens with zero attached hydrogens (tertiary/aromatic N) is 2. The molecular formula is C19H18Cl2N4S. The van der Waals surface area contributed by atoms with Crippen molar-refractivity contribution in [1.82, 2.24) is 15.1 Å². The fraction of sp³-hybridized carbons (Fsp3) is 0.158. The summed E-state index contributed by atoms with van der Waals surface area (Å²) in [6.45, 7) is 2.55. The molecule has 1 unspecified atom stereocenters. The Kier molecular flexibility index (Phi) is 6.14. The first-order valence-electron chi connectivity index (χ1n) is 8.11. The minimum atomic E-state index is 0.105. The Morgan fingerprint density at radius 2 is 1.81 bits per heavy atom. The molecule has 0 aliphatic rings. The molecule has 7 heteroatoms. The molecule has 26 heavy (non-hydrogen) atoms. The van der Waals surface area contributed by atoms with Crippen LogP contribution in [0, 0.1) is 0 Å². The van der Waals surface area contributed by atoms with Crippen LogP contribution in [-0.4, -0.2) is 14.9 Å². The van der Waals surface area contributed by atoms with E-state index < -0.39 is 0 Å². The second-order valence-electron chi connectivity index (χ2n) is 5.86. The summed E-state index contributed by atoms with van der Waals surface area (Å²) in [7, 11) is 0. The van der Waals surface area contributed by atoms with Gasteiger partial charge in [-0.25, -0.2) is 0 Å². The second-order valence-corrected chi connectivity index (χ2v) is 7.08. The van der Waals surface area contributed by atoms with Crippen molar-refractivity contribution in [2.45, 2.75) is 19.5 Å². The van der Waals surface area contributed by atoms with Crippen LogP contribution >= 0.6 is 35.4 Å². The SMILES string of the molecule is CC(NC(=S)Nc1cnn(Cc2c(Cl)cccc2Cl)c1)c1ccccc1. The van der Waals surface area contributed by atoms with Crippen LogP contribution in [0.25, 0.3) is 0 Å². The smallest absolute Gasteiger partial charge is 0.171 e. The van der Waals surface area contributed by atoms with Gasteiger partial charge < -0.3 is 10.6 Å². The van der Waals surface area contributed by atoms with E-state index in [1.165, 1.54) is 5.56 Å². The van der Waals surface area contributed by atoms with Gasteiger partial charge in [-0.3, -0.25) is 4.68 Å². The predicted octanol–water partition coefficient (Wildman–Crippen LogP) is 5.29. The Bertz CT molecular complexity index is 875. The highest BCUT2D eigenvalue weighted by molar-refractivity contribution is 7.80. The van der Waals surface area contributed by atoms with E-state index in [2.05, 4.69) is 34.8 Å². The molecule has 4 nitrogen and oxygen atoms in total. The summed E-state index contributed by atoms with van der Waals surface area (Å²) in [5.74, 6) is 0. The van der Waals surface area contributed by atoms with Crippen molar-refractivity contribution in [3.05, 3.63) is 82.1 Å². The molecule has 0 spiro atoms. The molecule has 2 aromatic carbocycles. The zero-order chi connectivity index (χ0) is 18.5. The summed E-state index contributed by atoms with van der Waals surface area (Å²) in [5, 5.41) is 12.5. The molecule has 0 aliphatic carbocycles. The molecule has 0 fully saturated rings. The molecule has 1 aromatic heterocycles. The van der Waals surface area contributed by atoms with Gasteiger partial charge in [0.05, 0.1) is 24.5 Å².